The molecule has 2 heterocycles. The molecule has 0 aromatic heterocycles. The number of rotatable bonds is 2. The summed E-state index contributed by atoms with van der Waals surface area (Å²) < 4.78 is 27.5. The van der Waals surface area contributed by atoms with E-state index >= 15 is 0 Å². The van der Waals surface area contributed by atoms with Crippen LogP contribution in [0.2, 0.25) is 0 Å². The molecule has 2 rings (SSSR count). The molecule has 8 nitrogen and oxygen atoms in total. The van der Waals surface area contributed by atoms with Crippen molar-refractivity contribution in [2.45, 2.75) is 25.6 Å². The Kier molecular flexibility index (Phi) is 3.20. The molecule has 0 aromatic carbocycles. The molecule has 102 valence electrons. The lowest BCUT2D eigenvalue weighted by Gasteiger charge is -2.23. The van der Waals surface area contributed by atoms with Crippen molar-refractivity contribution < 1.29 is 17.4 Å². The zero-order chi connectivity index (χ0) is 13.5. The first-order chi connectivity index (χ1) is 8.31. The van der Waals surface area contributed by atoms with E-state index in [2.05, 4.69) is 10.5 Å². The topological polar surface area (TPSA) is 91.3 Å². The fraction of sp³-hybridized carbons (Fsp3) is 0.778. The Hall–Kier alpha value is -1.35. The van der Waals surface area contributed by atoms with Crippen molar-refractivity contribution >= 4 is 22.0 Å². The van der Waals surface area contributed by atoms with Gasteiger partial charge in [-0.2, -0.15) is 13.5 Å². The lowest BCUT2D eigenvalue weighted by Crippen LogP contribution is -2.42. The van der Waals surface area contributed by atoms with Crippen LogP contribution in [0, 0.1) is 0 Å². The van der Waals surface area contributed by atoms with Crippen LogP contribution in [0.5, 0.6) is 0 Å². The van der Waals surface area contributed by atoms with Crippen molar-refractivity contribution in [2.24, 2.45) is 5.10 Å². The molecule has 9 heteroatoms. The highest BCUT2D eigenvalue weighted by Crippen LogP contribution is 2.25. The Morgan fingerprint density at radius 3 is 2.67 bits per heavy atom. The third-order valence-corrected chi connectivity index (χ3v) is 3.55. The van der Waals surface area contributed by atoms with Gasteiger partial charge in [-0.05, 0) is 6.92 Å². The van der Waals surface area contributed by atoms with E-state index in [9.17, 15) is 13.2 Å². The average Bonchev–Trinajstić information content (AvgIpc) is 2.82. The van der Waals surface area contributed by atoms with E-state index in [1.165, 1.54) is 9.80 Å². The smallest absolute Gasteiger partial charge is 0.320 e. The molecule has 2 amide bonds. The molecule has 0 spiro atoms. The van der Waals surface area contributed by atoms with Gasteiger partial charge >= 0.3 is 6.03 Å². The van der Waals surface area contributed by atoms with Crippen molar-refractivity contribution in [3.8, 4) is 0 Å². The van der Waals surface area contributed by atoms with Crippen molar-refractivity contribution in [2.75, 3.05) is 19.8 Å². The van der Waals surface area contributed by atoms with Gasteiger partial charge in [-0.1, -0.05) is 0 Å². The minimum atomic E-state index is -3.65. The van der Waals surface area contributed by atoms with Gasteiger partial charge in [0.1, 0.15) is 5.84 Å². The molecule has 18 heavy (non-hydrogen) atoms. The zero-order valence-electron chi connectivity index (χ0n) is 10.5. The van der Waals surface area contributed by atoms with Crippen LogP contribution in [0.1, 0.15) is 13.3 Å². The lowest BCUT2D eigenvalue weighted by molar-refractivity contribution is 0.106. The first-order valence-electron chi connectivity index (χ1n) is 5.55. The summed E-state index contributed by atoms with van der Waals surface area (Å²) in [5.41, 5.74) is 2.75. The number of urea groups is 1. The number of nitrogens with zero attached hydrogens (tertiary/aromatic N) is 3. The second-order valence-corrected chi connectivity index (χ2v) is 5.98. The number of hydrogen-bond acceptors (Lipinski definition) is 6. The highest BCUT2D eigenvalue weighted by Gasteiger charge is 2.46. The molecule has 0 aromatic rings. The van der Waals surface area contributed by atoms with Crippen LogP contribution >= 0.6 is 0 Å². The average molecular weight is 276 g/mol. The van der Waals surface area contributed by atoms with E-state index in [4.69, 9.17) is 4.18 Å². The van der Waals surface area contributed by atoms with Gasteiger partial charge in [-0.3, -0.25) is 0 Å². The fourth-order valence-corrected chi connectivity index (χ4v) is 2.57. The van der Waals surface area contributed by atoms with Crippen LogP contribution in [-0.4, -0.2) is 62.2 Å². The zero-order valence-corrected chi connectivity index (χ0v) is 11.3. The van der Waals surface area contributed by atoms with Crippen LogP contribution in [-0.2, 0) is 14.3 Å². The normalized spacial score (nSPS) is 28.6. The summed E-state index contributed by atoms with van der Waals surface area (Å²) in [6.07, 6.45) is 0.668. The molecule has 2 aliphatic heterocycles. The molecule has 1 N–H and O–H groups in total. The number of hydrogen-bond donors (Lipinski definition) is 1. The molecular formula is C9H16N4O4S. The first kappa shape index (κ1) is 13.1. The second kappa shape index (κ2) is 4.39. The van der Waals surface area contributed by atoms with Crippen molar-refractivity contribution in [1.29, 1.82) is 0 Å². The van der Waals surface area contributed by atoms with Gasteiger partial charge in [-0.15, -0.1) is 0 Å². The van der Waals surface area contributed by atoms with E-state index in [1.807, 2.05) is 0 Å². The van der Waals surface area contributed by atoms with E-state index in [0.29, 0.717) is 18.8 Å². The Labute approximate surface area is 106 Å². The van der Waals surface area contributed by atoms with Crippen molar-refractivity contribution in [1.82, 2.24) is 15.2 Å². The molecular weight excluding hydrogens is 260 g/mol. The number of amidine groups is 1. The van der Waals surface area contributed by atoms with E-state index in [0.717, 1.165) is 6.26 Å². The van der Waals surface area contributed by atoms with Crippen LogP contribution < -0.4 is 5.43 Å². The maximum absolute atomic E-state index is 12.1. The fourth-order valence-electron chi connectivity index (χ4n) is 1.96. The summed E-state index contributed by atoms with van der Waals surface area (Å²) in [4.78, 5) is 14.8. The summed E-state index contributed by atoms with van der Waals surface area (Å²) >= 11 is 0. The number of likely N-dealkylation sites (N-methyl/N-ethyl adjacent to an activating group) is 1. The standard InChI is InChI=1S/C9H16N4O4S/c1-6-8(17-18(3,15)16)13(9(14)12(6)2)7-4-5-10-11-7/h6,8,10H,4-5H2,1-3H3. The lowest BCUT2D eigenvalue weighted by atomic mass is 10.3. The number of carbonyl (C=O) groups is 1. The number of carbonyl (C=O) groups excluding carboxylic acids is 1. The monoisotopic (exact) mass is 276 g/mol. The van der Waals surface area contributed by atoms with Gasteiger partial charge in [0.2, 0.25) is 0 Å². The first-order valence-corrected chi connectivity index (χ1v) is 7.36. The molecule has 2 aliphatic rings. The maximum Gasteiger partial charge on any atom is 0.327 e. The highest BCUT2D eigenvalue weighted by molar-refractivity contribution is 7.86. The molecule has 0 bridgehead atoms. The van der Waals surface area contributed by atoms with Gasteiger partial charge in [0.25, 0.3) is 10.1 Å². The molecule has 0 saturated carbocycles. The van der Waals surface area contributed by atoms with Gasteiger partial charge in [0.05, 0.1) is 12.3 Å². The predicted molar refractivity (Wildman–Crippen MR) is 64.2 cm³/mol. The number of nitrogens with one attached hydrogen (secondary N) is 1. The highest BCUT2D eigenvalue weighted by atomic mass is 32.2. The Bertz CT molecular complexity index is 489. The Morgan fingerprint density at radius 2 is 2.17 bits per heavy atom. The Balaban J connectivity index is 2.30. The summed E-state index contributed by atoms with van der Waals surface area (Å²) in [6, 6.07) is -0.672. The number of hydrazone groups is 1. The second-order valence-electron chi connectivity index (χ2n) is 4.38. The largest absolute Gasteiger partial charge is 0.327 e. The molecule has 0 aliphatic carbocycles. The van der Waals surface area contributed by atoms with Crippen molar-refractivity contribution in [3.63, 3.8) is 0 Å². The van der Waals surface area contributed by atoms with Gasteiger partial charge < -0.3 is 10.3 Å². The maximum atomic E-state index is 12.1. The predicted octanol–water partition coefficient (Wildman–Crippen LogP) is -0.649. The van der Waals surface area contributed by atoms with Crippen LogP contribution in [0.15, 0.2) is 5.10 Å². The van der Waals surface area contributed by atoms with Crippen LogP contribution in [0.3, 0.4) is 0 Å². The minimum Gasteiger partial charge on any atom is -0.320 e. The molecule has 2 atom stereocenters. The molecule has 1 fully saturated rings. The van der Waals surface area contributed by atoms with Crippen LogP contribution in [0.25, 0.3) is 0 Å². The molecule has 2 unspecified atom stereocenters. The Morgan fingerprint density at radius 1 is 1.50 bits per heavy atom. The number of amides is 2. The van der Waals surface area contributed by atoms with Gasteiger partial charge in [0.15, 0.2) is 6.23 Å². The van der Waals surface area contributed by atoms with Gasteiger partial charge in [0, 0.05) is 20.0 Å². The van der Waals surface area contributed by atoms with Gasteiger partial charge in [-0.25, -0.2) is 13.9 Å². The quantitative estimate of drug-likeness (QED) is 0.677. The van der Waals surface area contributed by atoms with E-state index < -0.39 is 16.3 Å². The SMILES string of the molecule is CC1C(OS(C)(=O)=O)N(C2=NNCC2)C(=O)N1C. The van der Waals surface area contributed by atoms with Crippen molar-refractivity contribution in [3.05, 3.63) is 0 Å². The summed E-state index contributed by atoms with van der Waals surface area (Å²) in [5, 5.41) is 3.99. The third-order valence-electron chi connectivity index (χ3n) is 3.01. The van der Waals surface area contributed by atoms with E-state index in [1.54, 1.807) is 14.0 Å². The van der Waals surface area contributed by atoms with Crippen LogP contribution in [0.4, 0.5) is 4.79 Å². The van der Waals surface area contributed by atoms with E-state index in [-0.39, 0.29) is 12.1 Å². The molecule has 1 saturated heterocycles. The third kappa shape index (κ3) is 2.27. The minimum absolute atomic E-state index is 0.307. The molecule has 0 radical (unpaired) electrons. The summed E-state index contributed by atoms with van der Waals surface area (Å²) in [5.74, 6) is 0.504. The summed E-state index contributed by atoms with van der Waals surface area (Å²) in [6.45, 7) is 2.36. The summed E-state index contributed by atoms with van der Waals surface area (Å²) in [7, 11) is -2.04.